The SMILES string of the molecule is C.C.C.C.C=CC.N=C=O.N=C=O.N=C=O.N=C=O. The fraction of sp³-hybridized carbons (Fsp3) is 0.455. The second-order valence-corrected chi connectivity index (χ2v) is 0.816. The highest BCUT2D eigenvalue weighted by atomic mass is 16.1. The number of isocyanates is 4. The van der Waals surface area contributed by atoms with Crippen LogP contribution in [0.5, 0.6) is 0 Å². The van der Waals surface area contributed by atoms with Crippen LogP contribution in [0.2, 0.25) is 0 Å². The number of hydrogen-bond donors (Lipinski definition) is 4. The maximum Gasteiger partial charge on any atom is 0.231 e. The van der Waals surface area contributed by atoms with Gasteiger partial charge in [0.15, 0.2) is 0 Å². The van der Waals surface area contributed by atoms with Crippen LogP contribution in [0.25, 0.3) is 0 Å². The first kappa shape index (κ1) is 71.8. The van der Waals surface area contributed by atoms with Gasteiger partial charge < -0.3 is 0 Å². The van der Waals surface area contributed by atoms with Crippen LogP contribution in [0.1, 0.15) is 36.6 Å². The largest absolute Gasteiger partial charge is 0.231 e. The van der Waals surface area contributed by atoms with Crippen LogP contribution < -0.4 is 0 Å². The third-order valence-electron chi connectivity index (χ3n) is 0. The van der Waals surface area contributed by atoms with Gasteiger partial charge in [0.05, 0.1) is 0 Å². The minimum absolute atomic E-state index is 0. The van der Waals surface area contributed by atoms with Crippen molar-refractivity contribution in [2.45, 2.75) is 36.6 Å². The first-order valence-corrected chi connectivity index (χ1v) is 2.80. The van der Waals surface area contributed by atoms with Crippen molar-refractivity contribution in [1.29, 1.82) is 21.6 Å². The Hall–Kier alpha value is -2.74. The highest BCUT2D eigenvalue weighted by Gasteiger charge is 1.15. The van der Waals surface area contributed by atoms with Crippen molar-refractivity contribution in [1.82, 2.24) is 0 Å². The summed E-state index contributed by atoms with van der Waals surface area (Å²) in [6.45, 7) is 5.25. The summed E-state index contributed by atoms with van der Waals surface area (Å²) in [5.74, 6) is 0. The van der Waals surface area contributed by atoms with E-state index in [0.29, 0.717) is 0 Å². The van der Waals surface area contributed by atoms with Gasteiger partial charge in [-0.2, -0.15) is 0 Å². The quantitative estimate of drug-likeness (QED) is 0.303. The van der Waals surface area contributed by atoms with Gasteiger partial charge in [0.1, 0.15) is 0 Å². The molecule has 0 saturated heterocycles. The molecule has 114 valence electrons. The number of nitrogens with one attached hydrogen (secondary N) is 4. The van der Waals surface area contributed by atoms with Crippen LogP contribution >= 0.6 is 0 Å². The van der Waals surface area contributed by atoms with E-state index in [1.165, 1.54) is 0 Å². The summed E-state index contributed by atoms with van der Waals surface area (Å²) >= 11 is 0. The average Bonchev–Trinajstić information content (AvgIpc) is 2.09. The molecule has 0 atom stereocenters. The lowest BCUT2D eigenvalue weighted by Crippen LogP contribution is -1.16. The van der Waals surface area contributed by atoms with Gasteiger partial charge in [0, 0.05) is 0 Å². The van der Waals surface area contributed by atoms with Crippen molar-refractivity contribution in [2.24, 2.45) is 0 Å². The summed E-state index contributed by atoms with van der Waals surface area (Å²) in [5, 5.41) is 21.6. The molecule has 0 aromatic heterocycles. The van der Waals surface area contributed by atoms with E-state index in [4.69, 9.17) is 40.8 Å². The Morgan fingerprint density at radius 1 is 0.684 bits per heavy atom. The van der Waals surface area contributed by atoms with E-state index in [0.717, 1.165) is 24.3 Å². The molecule has 0 heterocycles. The molecule has 0 aromatic rings. The fourth-order valence-electron chi connectivity index (χ4n) is 0. The molecule has 0 aliphatic heterocycles. The smallest absolute Gasteiger partial charge is 0.222 e. The van der Waals surface area contributed by atoms with Crippen LogP contribution in [0.15, 0.2) is 12.7 Å². The van der Waals surface area contributed by atoms with E-state index in [1.54, 1.807) is 6.08 Å². The summed E-state index contributed by atoms with van der Waals surface area (Å²) in [4.78, 5) is 33.4. The lowest BCUT2D eigenvalue weighted by Gasteiger charge is -1.31. The number of rotatable bonds is 0. The standard InChI is InChI=1S/C3H6.4CHNO.4CH4/c1-3-2;4*2-1-3;;;;/h3H,1H2,2H3;4*2H;4*1H4. The number of carbonyl (C=O) groups excluding carboxylic acids is 4. The molecule has 8 heteroatoms. The van der Waals surface area contributed by atoms with Gasteiger partial charge in [0.2, 0.25) is 24.3 Å². The van der Waals surface area contributed by atoms with E-state index < -0.39 is 0 Å². The molecule has 0 unspecified atom stereocenters. The van der Waals surface area contributed by atoms with Crippen molar-refractivity contribution >= 4 is 24.3 Å². The molecule has 0 amide bonds. The van der Waals surface area contributed by atoms with E-state index in [-0.39, 0.29) is 29.7 Å². The average molecular weight is 278 g/mol. The molecule has 0 aromatic carbocycles. The lowest BCUT2D eigenvalue weighted by molar-refractivity contribution is 0.562. The van der Waals surface area contributed by atoms with Crippen LogP contribution in [0.3, 0.4) is 0 Å². The Morgan fingerprint density at radius 3 is 0.684 bits per heavy atom. The van der Waals surface area contributed by atoms with Crippen LogP contribution in [0, 0.1) is 21.6 Å². The monoisotopic (exact) mass is 278 g/mol. The van der Waals surface area contributed by atoms with Crippen molar-refractivity contribution in [3.05, 3.63) is 12.7 Å². The molecule has 4 N–H and O–H groups in total. The topological polar surface area (TPSA) is 164 Å². The van der Waals surface area contributed by atoms with Gasteiger partial charge in [-0.25, -0.2) is 40.8 Å². The van der Waals surface area contributed by atoms with E-state index in [2.05, 4.69) is 6.58 Å². The third-order valence-corrected chi connectivity index (χ3v) is 0. The van der Waals surface area contributed by atoms with Crippen LogP contribution in [0.4, 0.5) is 0 Å². The fourth-order valence-corrected chi connectivity index (χ4v) is 0. The summed E-state index contributed by atoms with van der Waals surface area (Å²) in [6.07, 6.45) is 4.75. The van der Waals surface area contributed by atoms with Gasteiger partial charge in [-0.05, 0) is 6.92 Å². The molecule has 0 aliphatic carbocycles. The summed E-state index contributed by atoms with van der Waals surface area (Å²) in [7, 11) is 0. The molecule has 0 rings (SSSR count). The summed E-state index contributed by atoms with van der Waals surface area (Å²) < 4.78 is 0. The predicted octanol–water partition coefficient (Wildman–Crippen LogP) is 3.34. The summed E-state index contributed by atoms with van der Waals surface area (Å²) in [6, 6.07) is 0. The van der Waals surface area contributed by atoms with E-state index >= 15 is 0 Å². The van der Waals surface area contributed by atoms with Crippen molar-refractivity contribution < 1.29 is 19.2 Å². The zero-order valence-corrected chi connectivity index (χ0v) is 7.92. The highest BCUT2D eigenvalue weighted by molar-refractivity contribution is 5.26. The minimum atomic E-state index is 0. The Labute approximate surface area is 115 Å². The first-order valence-electron chi connectivity index (χ1n) is 2.80. The van der Waals surface area contributed by atoms with Gasteiger partial charge >= 0.3 is 0 Å². The second kappa shape index (κ2) is 608. The van der Waals surface area contributed by atoms with E-state index in [1.807, 2.05) is 6.92 Å². The molecular weight excluding hydrogens is 252 g/mol. The molecular formula is C11H26N4O4. The first-order chi connectivity index (χ1) is 7.07. The van der Waals surface area contributed by atoms with Gasteiger partial charge in [0.25, 0.3) is 0 Å². The van der Waals surface area contributed by atoms with Crippen molar-refractivity contribution in [3.8, 4) is 0 Å². The lowest BCUT2D eigenvalue weighted by atomic mass is 10.8. The Bertz CT molecular complexity index is 193. The van der Waals surface area contributed by atoms with Crippen LogP contribution in [-0.4, -0.2) is 24.3 Å². The van der Waals surface area contributed by atoms with Crippen LogP contribution in [-0.2, 0) is 19.2 Å². The second-order valence-electron chi connectivity index (χ2n) is 0.816. The number of allylic oxidation sites excluding steroid dienone is 1. The Balaban J connectivity index is -0.00000000893. The normalized spacial score (nSPS) is 2.37. The molecule has 0 bridgehead atoms. The molecule has 19 heavy (non-hydrogen) atoms. The zero-order chi connectivity index (χ0) is 13.5. The zero-order valence-electron chi connectivity index (χ0n) is 7.92. The predicted molar refractivity (Wildman–Crippen MR) is 76.4 cm³/mol. The molecule has 0 aliphatic rings. The Kier molecular flexibility index (Phi) is 2300. The Morgan fingerprint density at radius 2 is 0.684 bits per heavy atom. The molecule has 0 saturated carbocycles. The molecule has 0 spiro atoms. The van der Waals surface area contributed by atoms with E-state index in [9.17, 15) is 0 Å². The van der Waals surface area contributed by atoms with Crippen molar-refractivity contribution in [2.75, 3.05) is 0 Å². The summed E-state index contributed by atoms with van der Waals surface area (Å²) in [5.41, 5.74) is 0. The third kappa shape index (κ3) is 357. The minimum Gasteiger partial charge on any atom is -0.222 e. The van der Waals surface area contributed by atoms with Crippen molar-refractivity contribution in [3.63, 3.8) is 0 Å². The highest BCUT2D eigenvalue weighted by Crippen LogP contribution is 1.38. The molecule has 0 fully saturated rings. The number of hydrogen-bond acceptors (Lipinski definition) is 8. The van der Waals surface area contributed by atoms with Gasteiger partial charge in [-0.1, -0.05) is 35.8 Å². The molecule has 0 radical (unpaired) electrons. The maximum atomic E-state index is 8.35. The maximum absolute atomic E-state index is 8.35. The van der Waals surface area contributed by atoms with Gasteiger partial charge in [-0.3, -0.25) is 0 Å². The van der Waals surface area contributed by atoms with Gasteiger partial charge in [-0.15, -0.1) is 6.58 Å². The molecule has 8 nitrogen and oxygen atoms in total.